The number of carbonyl (C=O) groups is 1. The monoisotopic (exact) mass is 358 g/mol. The van der Waals surface area contributed by atoms with Crippen LogP contribution in [0.3, 0.4) is 0 Å². The number of fused-ring (bicyclic) bond motifs is 1. The summed E-state index contributed by atoms with van der Waals surface area (Å²) in [5.41, 5.74) is 1.36. The van der Waals surface area contributed by atoms with Crippen molar-refractivity contribution in [1.82, 2.24) is 4.37 Å². The molecule has 0 saturated carbocycles. The van der Waals surface area contributed by atoms with E-state index in [9.17, 15) is 9.18 Å². The average Bonchev–Trinajstić information content (AvgIpc) is 2.97. The predicted octanol–water partition coefficient (Wildman–Crippen LogP) is 5.44. The molecule has 2 aromatic carbocycles. The molecule has 0 unspecified atom stereocenters. The molecule has 3 rings (SSSR count). The molecule has 0 radical (unpaired) electrons. The summed E-state index contributed by atoms with van der Waals surface area (Å²) < 4.78 is 24.8. The second kappa shape index (κ2) is 6.44. The molecule has 0 saturated heterocycles. The van der Waals surface area contributed by atoms with E-state index in [2.05, 4.69) is 9.69 Å². The topological polar surface area (TPSA) is 51.2 Å². The van der Waals surface area contributed by atoms with Crippen LogP contribution in [0.25, 0.3) is 10.1 Å². The van der Waals surface area contributed by atoms with Crippen molar-refractivity contribution < 1.29 is 13.9 Å². The Morgan fingerprint density at radius 1 is 1.24 bits per heavy atom. The summed E-state index contributed by atoms with van der Waals surface area (Å²) >= 11 is 1.32. The summed E-state index contributed by atoms with van der Waals surface area (Å²) in [4.78, 5) is 12.6. The minimum atomic E-state index is -0.620. The number of aromatic nitrogens is 1. The van der Waals surface area contributed by atoms with Crippen LogP contribution in [0, 0.1) is 12.7 Å². The molecule has 0 fully saturated rings. The standard InChI is InChI=1S/C19H19FN2O2S/c1-11-5-7-15(14(20)9-11)22-17-12(18(23)24-19(2,3)4)6-8-16-13(17)10-21-25-16/h5-10,22H,1-4H3. The fourth-order valence-corrected chi connectivity index (χ4v) is 3.09. The van der Waals surface area contributed by atoms with E-state index in [1.165, 1.54) is 17.6 Å². The van der Waals surface area contributed by atoms with Gasteiger partial charge in [-0.05, 0) is 69.1 Å². The van der Waals surface area contributed by atoms with Crippen molar-refractivity contribution in [2.75, 3.05) is 5.32 Å². The number of benzene rings is 2. The largest absolute Gasteiger partial charge is 0.456 e. The van der Waals surface area contributed by atoms with E-state index in [0.717, 1.165) is 15.6 Å². The van der Waals surface area contributed by atoms with Crippen molar-refractivity contribution in [1.29, 1.82) is 0 Å². The van der Waals surface area contributed by atoms with E-state index in [0.29, 0.717) is 16.9 Å². The fourth-order valence-electron chi connectivity index (χ4n) is 2.44. The van der Waals surface area contributed by atoms with Crippen molar-refractivity contribution in [3.05, 3.63) is 53.5 Å². The zero-order valence-electron chi connectivity index (χ0n) is 14.5. The number of anilines is 2. The maximum Gasteiger partial charge on any atom is 0.340 e. The number of halogens is 1. The van der Waals surface area contributed by atoms with Crippen molar-refractivity contribution in [2.45, 2.75) is 33.3 Å². The minimum absolute atomic E-state index is 0.300. The lowest BCUT2D eigenvalue weighted by Crippen LogP contribution is -2.24. The first-order valence-corrected chi connectivity index (χ1v) is 8.66. The third-order valence-corrected chi connectivity index (χ3v) is 4.30. The zero-order valence-corrected chi connectivity index (χ0v) is 15.3. The smallest absolute Gasteiger partial charge is 0.340 e. The van der Waals surface area contributed by atoms with Gasteiger partial charge in [0, 0.05) is 5.39 Å². The van der Waals surface area contributed by atoms with Gasteiger partial charge in [-0.2, -0.15) is 4.37 Å². The molecule has 0 aliphatic heterocycles. The molecular formula is C19H19FN2O2S. The highest BCUT2D eigenvalue weighted by Gasteiger charge is 2.22. The first-order chi connectivity index (χ1) is 11.7. The normalized spacial score (nSPS) is 11.6. The van der Waals surface area contributed by atoms with Crippen molar-refractivity contribution >= 4 is 39.0 Å². The number of carbonyl (C=O) groups excluding carboxylic acids is 1. The molecule has 0 aliphatic rings. The van der Waals surface area contributed by atoms with Crippen LogP contribution in [0.15, 0.2) is 36.5 Å². The summed E-state index contributed by atoms with van der Waals surface area (Å²) in [6, 6.07) is 8.42. The van der Waals surface area contributed by atoms with Crippen LogP contribution < -0.4 is 5.32 Å². The highest BCUT2D eigenvalue weighted by Crippen LogP contribution is 2.34. The van der Waals surface area contributed by atoms with Gasteiger partial charge in [0.1, 0.15) is 11.4 Å². The molecule has 1 aromatic heterocycles. The third kappa shape index (κ3) is 3.79. The molecule has 1 heterocycles. The third-order valence-electron chi connectivity index (χ3n) is 3.54. The summed E-state index contributed by atoms with van der Waals surface area (Å²) in [7, 11) is 0. The molecule has 0 atom stereocenters. The Morgan fingerprint density at radius 2 is 2.00 bits per heavy atom. The molecule has 25 heavy (non-hydrogen) atoms. The van der Waals surface area contributed by atoms with Gasteiger partial charge in [0.25, 0.3) is 0 Å². The van der Waals surface area contributed by atoms with E-state index in [-0.39, 0.29) is 5.82 Å². The molecule has 4 nitrogen and oxygen atoms in total. The van der Waals surface area contributed by atoms with Crippen LogP contribution in [0.4, 0.5) is 15.8 Å². The first kappa shape index (κ1) is 17.4. The van der Waals surface area contributed by atoms with Crippen LogP contribution in [0.2, 0.25) is 0 Å². The van der Waals surface area contributed by atoms with E-state index >= 15 is 0 Å². The number of rotatable bonds is 3. The van der Waals surface area contributed by atoms with Crippen LogP contribution >= 0.6 is 11.5 Å². The van der Waals surface area contributed by atoms with Crippen molar-refractivity contribution in [3.63, 3.8) is 0 Å². The van der Waals surface area contributed by atoms with E-state index in [4.69, 9.17) is 4.74 Å². The van der Waals surface area contributed by atoms with Crippen LogP contribution in [-0.2, 0) is 4.74 Å². The van der Waals surface area contributed by atoms with Gasteiger partial charge in [-0.3, -0.25) is 0 Å². The molecule has 0 bridgehead atoms. The fraction of sp³-hybridized carbons (Fsp3) is 0.263. The summed E-state index contributed by atoms with van der Waals surface area (Å²) in [5, 5.41) is 3.81. The van der Waals surface area contributed by atoms with Gasteiger partial charge in [-0.1, -0.05) is 6.07 Å². The Kier molecular flexibility index (Phi) is 4.47. The zero-order chi connectivity index (χ0) is 18.2. The Balaban J connectivity index is 2.09. The maximum atomic E-state index is 14.3. The minimum Gasteiger partial charge on any atom is -0.456 e. The number of esters is 1. The molecular weight excluding hydrogens is 339 g/mol. The summed E-state index contributed by atoms with van der Waals surface area (Å²) in [5.74, 6) is -0.842. The summed E-state index contributed by atoms with van der Waals surface area (Å²) in [6.45, 7) is 7.25. The second-order valence-corrected chi connectivity index (χ2v) is 7.67. The van der Waals surface area contributed by atoms with Crippen LogP contribution in [0.1, 0.15) is 36.7 Å². The number of nitrogens with zero attached hydrogens (tertiary/aromatic N) is 1. The maximum absolute atomic E-state index is 14.3. The lowest BCUT2D eigenvalue weighted by Gasteiger charge is -2.21. The SMILES string of the molecule is Cc1ccc(Nc2c(C(=O)OC(C)(C)C)ccc3sncc23)c(F)c1. The van der Waals surface area contributed by atoms with Gasteiger partial charge in [-0.25, -0.2) is 9.18 Å². The van der Waals surface area contributed by atoms with Gasteiger partial charge >= 0.3 is 5.97 Å². The van der Waals surface area contributed by atoms with Crippen LogP contribution in [0.5, 0.6) is 0 Å². The van der Waals surface area contributed by atoms with Crippen molar-refractivity contribution in [3.8, 4) is 0 Å². The molecule has 0 spiro atoms. The molecule has 130 valence electrons. The summed E-state index contributed by atoms with van der Waals surface area (Å²) in [6.07, 6.45) is 1.67. The first-order valence-electron chi connectivity index (χ1n) is 7.88. The Labute approximate surface area is 149 Å². The quantitative estimate of drug-likeness (QED) is 0.633. The van der Waals surface area contributed by atoms with Gasteiger partial charge in [0.15, 0.2) is 0 Å². The molecule has 3 aromatic rings. The lowest BCUT2D eigenvalue weighted by molar-refractivity contribution is 0.00709. The lowest BCUT2D eigenvalue weighted by atomic mass is 10.1. The van der Waals surface area contributed by atoms with Crippen LogP contribution in [-0.4, -0.2) is 15.9 Å². The molecule has 0 aliphatic carbocycles. The number of hydrogen-bond donors (Lipinski definition) is 1. The predicted molar refractivity (Wildman–Crippen MR) is 99.2 cm³/mol. The highest BCUT2D eigenvalue weighted by atomic mass is 32.1. The Morgan fingerprint density at radius 3 is 2.68 bits per heavy atom. The number of hydrogen-bond acceptors (Lipinski definition) is 5. The van der Waals surface area contributed by atoms with E-state index in [1.54, 1.807) is 18.3 Å². The Bertz CT molecular complexity index is 944. The van der Waals surface area contributed by atoms with Crippen molar-refractivity contribution in [2.24, 2.45) is 0 Å². The van der Waals surface area contributed by atoms with Gasteiger partial charge < -0.3 is 10.1 Å². The Hall–Kier alpha value is -2.47. The molecule has 1 N–H and O–H groups in total. The van der Waals surface area contributed by atoms with Gasteiger partial charge in [-0.15, -0.1) is 0 Å². The van der Waals surface area contributed by atoms with E-state index in [1.807, 2.05) is 39.8 Å². The number of aryl methyl sites for hydroxylation is 1. The average molecular weight is 358 g/mol. The molecule has 6 heteroatoms. The number of nitrogens with one attached hydrogen (secondary N) is 1. The van der Waals surface area contributed by atoms with Gasteiger partial charge in [0.2, 0.25) is 0 Å². The second-order valence-electron chi connectivity index (χ2n) is 6.84. The van der Waals surface area contributed by atoms with E-state index < -0.39 is 11.6 Å². The van der Waals surface area contributed by atoms with Gasteiger partial charge in [0.05, 0.1) is 27.8 Å². The molecule has 0 amide bonds. The highest BCUT2D eigenvalue weighted by molar-refractivity contribution is 7.13. The number of ether oxygens (including phenoxy) is 1.